The van der Waals surface area contributed by atoms with Crippen molar-refractivity contribution in [1.29, 1.82) is 0 Å². The Morgan fingerprint density at radius 1 is 0.979 bits per heavy atom. The number of benzene rings is 2. The van der Waals surface area contributed by atoms with Gasteiger partial charge in [-0.15, -0.1) is 6.42 Å². The summed E-state index contributed by atoms with van der Waals surface area (Å²) in [7, 11) is 2.17. The number of nitrogens with two attached hydrogens (primary N) is 1. The molecule has 6 rings (SSSR count). The zero-order chi connectivity index (χ0) is 33.1. The summed E-state index contributed by atoms with van der Waals surface area (Å²) in [4.78, 5) is 51.4. The highest BCUT2D eigenvalue weighted by Crippen LogP contribution is 2.30. The van der Waals surface area contributed by atoms with Crippen LogP contribution in [0.1, 0.15) is 48.8 Å². The van der Waals surface area contributed by atoms with Gasteiger partial charge in [0.05, 0.1) is 16.6 Å². The van der Waals surface area contributed by atoms with Gasteiger partial charge in [0.25, 0.3) is 0 Å². The number of hydrogen-bond donors (Lipinski definition) is 2. The number of nitrogens with one attached hydrogen (secondary N) is 1. The first kappa shape index (κ1) is 33.1. The Morgan fingerprint density at radius 2 is 1.66 bits per heavy atom. The first-order chi connectivity index (χ1) is 22.7. The minimum absolute atomic E-state index is 0.00452. The predicted molar refractivity (Wildman–Crippen MR) is 185 cm³/mol. The lowest BCUT2D eigenvalue weighted by Crippen LogP contribution is -2.55. The summed E-state index contributed by atoms with van der Waals surface area (Å²) in [6, 6.07) is 11.9. The summed E-state index contributed by atoms with van der Waals surface area (Å²) in [6.45, 7) is 6.85. The zero-order valence-corrected chi connectivity index (χ0v) is 28.1. The lowest BCUT2D eigenvalue weighted by atomic mass is 9.92. The van der Waals surface area contributed by atoms with Crippen LogP contribution < -0.4 is 11.1 Å². The molecule has 250 valence electrons. The quantitative estimate of drug-likeness (QED) is 0.347. The molecule has 4 heterocycles. The molecule has 3 N–H and O–H groups in total. The monoisotopic (exact) mass is 659 g/mol. The predicted octanol–water partition coefficient (Wildman–Crippen LogP) is 3.73. The summed E-state index contributed by atoms with van der Waals surface area (Å²) < 4.78 is 0. The molecule has 0 spiro atoms. The summed E-state index contributed by atoms with van der Waals surface area (Å²) in [5, 5.41) is 3.36. The molecule has 10 nitrogen and oxygen atoms in total. The number of piperidine rings is 2. The average Bonchev–Trinajstić information content (AvgIpc) is 3.09. The Kier molecular flexibility index (Phi) is 10.3. The molecule has 0 aromatic heterocycles. The Morgan fingerprint density at radius 3 is 2.36 bits per heavy atom. The molecule has 3 fully saturated rings. The van der Waals surface area contributed by atoms with Crippen molar-refractivity contribution in [3.63, 3.8) is 0 Å². The largest absolute Gasteiger partial charge is 0.397 e. The van der Waals surface area contributed by atoms with Crippen molar-refractivity contribution in [2.24, 2.45) is 5.92 Å². The molecule has 4 aliphatic rings. The average molecular weight is 660 g/mol. The molecule has 11 heteroatoms. The number of halogens is 1. The highest BCUT2D eigenvalue weighted by Gasteiger charge is 2.36. The molecule has 4 amide bonds. The number of para-hydroxylation sites is 1. The Balaban J connectivity index is 1.10. The maximum Gasteiger partial charge on any atom is 0.322 e. The van der Waals surface area contributed by atoms with Gasteiger partial charge in [-0.05, 0) is 81.6 Å². The first-order valence-corrected chi connectivity index (χ1v) is 17.3. The van der Waals surface area contributed by atoms with E-state index in [0.717, 1.165) is 55.8 Å². The maximum absolute atomic E-state index is 14.1. The van der Waals surface area contributed by atoms with Gasteiger partial charge >= 0.3 is 6.03 Å². The van der Waals surface area contributed by atoms with Crippen LogP contribution in [0.5, 0.6) is 0 Å². The third kappa shape index (κ3) is 7.53. The van der Waals surface area contributed by atoms with Crippen LogP contribution in [-0.4, -0.2) is 114 Å². The van der Waals surface area contributed by atoms with Gasteiger partial charge in [-0.1, -0.05) is 35.7 Å². The summed E-state index contributed by atoms with van der Waals surface area (Å²) in [5.74, 6) is 1.99. The normalized spacial score (nSPS) is 20.8. The van der Waals surface area contributed by atoms with E-state index in [0.29, 0.717) is 74.3 Å². The number of anilines is 2. The third-order valence-electron chi connectivity index (χ3n) is 10.5. The van der Waals surface area contributed by atoms with Gasteiger partial charge in [-0.25, -0.2) is 4.79 Å². The highest BCUT2D eigenvalue weighted by atomic mass is 35.5. The number of carbonyl (C=O) groups excluding carboxylic acids is 3. The van der Waals surface area contributed by atoms with E-state index in [1.807, 2.05) is 39.0 Å². The van der Waals surface area contributed by atoms with E-state index in [1.165, 1.54) is 0 Å². The topological polar surface area (TPSA) is 105 Å². The standard InChI is InChI=1S/C36H46ClN7O3/c1-3-26-20-25(22-31(37)34(26)38)21-28(35(46)43-18-16-41(17-19-43)29-8-12-40(2)13-9-29)23-33(45)42-14-10-30(11-15-42)44-24-27-6-4-5-7-32(27)39-36(44)47/h1,4-7,20,22,28-30H,8-19,21,23-24,38H2,2H3,(H,39,47)/t28-/m0/s1. The molecule has 0 saturated carbocycles. The number of nitrogen functional groups attached to an aromatic ring is 1. The fourth-order valence-electron chi connectivity index (χ4n) is 7.65. The Hall–Kier alpha value is -3.78. The molecule has 0 unspecified atom stereocenters. The van der Waals surface area contributed by atoms with Crippen LogP contribution in [-0.2, 0) is 22.6 Å². The highest BCUT2D eigenvalue weighted by molar-refractivity contribution is 6.33. The van der Waals surface area contributed by atoms with E-state index in [9.17, 15) is 14.4 Å². The fourth-order valence-corrected chi connectivity index (χ4v) is 7.89. The number of carbonyl (C=O) groups is 3. The molecule has 3 saturated heterocycles. The van der Waals surface area contributed by atoms with Gasteiger partial charge in [0.15, 0.2) is 0 Å². The zero-order valence-electron chi connectivity index (χ0n) is 27.3. The van der Waals surface area contributed by atoms with Gasteiger partial charge in [-0.2, -0.15) is 0 Å². The van der Waals surface area contributed by atoms with Crippen molar-refractivity contribution in [3.8, 4) is 12.3 Å². The number of nitrogens with zero attached hydrogens (tertiary/aromatic N) is 5. The summed E-state index contributed by atoms with van der Waals surface area (Å²) >= 11 is 6.42. The number of urea groups is 1. The lowest BCUT2D eigenvalue weighted by molar-refractivity contribution is -0.143. The van der Waals surface area contributed by atoms with Crippen LogP contribution in [0.3, 0.4) is 0 Å². The van der Waals surface area contributed by atoms with E-state index >= 15 is 0 Å². The molecule has 2 aromatic rings. The Labute approximate surface area is 283 Å². The smallest absolute Gasteiger partial charge is 0.322 e. The third-order valence-corrected chi connectivity index (χ3v) is 10.9. The summed E-state index contributed by atoms with van der Waals surface area (Å²) in [6.07, 6.45) is 9.84. The van der Waals surface area contributed by atoms with Crippen molar-refractivity contribution >= 4 is 40.8 Å². The molecule has 2 aromatic carbocycles. The van der Waals surface area contributed by atoms with Gasteiger partial charge < -0.3 is 30.7 Å². The maximum atomic E-state index is 14.1. The Bertz CT molecular complexity index is 1520. The van der Waals surface area contributed by atoms with Crippen LogP contribution in [0.15, 0.2) is 36.4 Å². The van der Waals surface area contributed by atoms with Gasteiger partial charge in [0, 0.05) is 75.6 Å². The van der Waals surface area contributed by atoms with Crippen molar-refractivity contribution in [2.75, 3.05) is 70.5 Å². The van der Waals surface area contributed by atoms with E-state index in [4.69, 9.17) is 23.8 Å². The first-order valence-electron chi connectivity index (χ1n) is 16.9. The molecule has 0 aliphatic carbocycles. The number of piperazine rings is 1. The van der Waals surface area contributed by atoms with Crippen LogP contribution in [0.25, 0.3) is 0 Å². The molecule has 0 bridgehead atoms. The van der Waals surface area contributed by atoms with E-state index in [2.05, 4.69) is 28.1 Å². The minimum Gasteiger partial charge on any atom is -0.397 e. The van der Waals surface area contributed by atoms with E-state index in [-0.39, 0.29) is 30.3 Å². The number of fused-ring (bicyclic) bond motifs is 1. The van der Waals surface area contributed by atoms with E-state index in [1.54, 1.807) is 12.1 Å². The van der Waals surface area contributed by atoms with Crippen LogP contribution in [0.2, 0.25) is 5.02 Å². The molecule has 1 atom stereocenters. The van der Waals surface area contributed by atoms with Crippen molar-refractivity contribution < 1.29 is 14.4 Å². The van der Waals surface area contributed by atoms with Crippen molar-refractivity contribution in [1.82, 2.24) is 24.5 Å². The second-order valence-corrected chi connectivity index (χ2v) is 13.9. The summed E-state index contributed by atoms with van der Waals surface area (Å²) in [5.41, 5.74) is 9.66. The number of amides is 4. The van der Waals surface area contributed by atoms with Crippen LogP contribution in [0, 0.1) is 18.3 Å². The second-order valence-electron chi connectivity index (χ2n) is 13.5. The number of hydrogen-bond acceptors (Lipinski definition) is 6. The molecule has 0 radical (unpaired) electrons. The second kappa shape index (κ2) is 14.5. The molecular formula is C36H46ClN7O3. The number of likely N-dealkylation sites (tertiary alicyclic amines) is 2. The van der Waals surface area contributed by atoms with Crippen molar-refractivity contribution in [2.45, 2.75) is 57.2 Å². The SMILES string of the molecule is C#Cc1cc(C[C@@H](CC(=O)N2CCC(N3Cc4ccccc4NC3=O)CC2)C(=O)N2CCN(C3CCN(C)CC3)CC2)cc(Cl)c1N. The van der Waals surface area contributed by atoms with Crippen molar-refractivity contribution in [3.05, 3.63) is 58.1 Å². The number of rotatable bonds is 7. The molecule has 47 heavy (non-hydrogen) atoms. The van der Waals surface area contributed by atoms with Gasteiger partial charge in [0.2, 0.25) is 11.8 Å². The lowest BCUT2D eigenvalue weighted by Gasteiger charge is -2.43. The molecule has 4 aliphatic heterocycles. The molecular weight excluding hydrogens is 614 g/mol. The number of terminal acetylenes is 1. The van der Waals surface area contributed by atoms with Crippen LogP contribution in [0.4, 0.5) is 16.2 Å². The van der Waals surface area contributed by atoms with E-state index < -0.39 is 5.92 Å². The van der Waals surface area contributed by atoms with Gasteiger partial charge in [0.1, 0.15) is 0 Å². The fraction of sp³-hybridized carbons (Fsp3) is 0.528. The van der Waals surface area contributed by atoms with Gasteiger partial charge in [-0.3, -0.25) is 14.5 Å². The minimum atomic E-state index is -0.551. The van der Waals surface area contributed by atoms with Crippen LogP contribution >= 0.6 is 11.6 Å².